The van der Waals surface area contributed by atoms with Gasteiger partial charge in [0.05, 0.1) is 0 Å². The summed E-state index contributed by atoms with van der Waals surface area (Å²) in [6.45, 7) is 19.2. The van der Waals surface area contributed by atoms with Crippen LogP contribution in [-0.2, 0) is 14.3 Å². The molecule has 1 aromatic rings. The summed E-state index contributed by atoms with van der Waals surface area (Å²) in [5.74, 6) is -0.455. The average molecular weight is 520 g/mol. The lowest BCUT2D eigenvalue weighted by molar-refractivity contribution is -0.148. The molecule has 1 rings (SSSR count). The predicted octanol–water partition coefficient (Wildman–Crippen LogP) is 5.61. The van der Waals surface area contributed by atoms with Crippen molar-refractivity contribution in [2.45, 2.75) is 118 Å². The van der Waals surface area contributed by atoms with Gasteiger partial charge >= 0.3 is 6.09 Å². The molecule has 0 saturated carbocycles. The zero-order chi connectivity index (χ0) is 28.6. The normalized spacial score (nSPS) is 13.6. The summed E-state index contributed by atoms with van der Waals surface area (Å²) in [5.41, 5.74) is -0.289. The molecule has 210 valence electrons. The molecule has 8 nitrogen and oxygen atoms in total. The number of hydrogen-bond donors (Lipinski definition) is 3. The molecule has 0 aliphatic carbocycles. The first-order valence-corrected chi connectivity index (χ1v) is 13.4. The molecule has 3 amide bonds. The van der Waals surface area contributed by atoms with Crippen molar-refractivity contribution < 1.29 is 24.2 Å². The van der Waals surface area contributed by atoms with E-state index in [4.69, 9.17) is 4.74 Å². The summed E-state index contributed by atoms with van der Waals surface area (Å²) < 4.78 is 5.43. The van der Waals surface area contributed by atoms with Gasteiger partial charge in [0.15, 0.2) is 0 Å². The maximum absolute atomic E-state index is 14.2. The predicted molar refractivity (Wildman–Crippen MR) is 147 cm³/mol. The number of carbonyl (C=O) groups is 3. The van der Waals surface area contributed by atoms with Crippen LogP contribution in [0.25, 0.3) is 0 Å². The number of phenols is 1. The van der Waals surface area contributed by atoms with Gasteiger partial charge in [0.1, 0.15) is 23.4 Å². The Morgan fingerprint density at radius 1 is 1.05 bits per heavy atom. The van der Waals surface area contributed by atoms with Crippen molar-refractivity contribution >= 4 is 17.9 Å². The Kier molecular flexibility index (Phi) is 11.9. The van der Waals surface area contributed by atoms with E-state index >= 15 is 0 Å². The van der Waals surface area contributed by atoms with Crippen LogP contribution < -0.4 is 10.6 Å². The number of alkyl carbamates (subject to hydrolysis) is 1. The molecule has 8 heteroatoms. The van der Waals surface area contributed by atoms with Crippen LogP contribution in [0.2, 0.25) is 0 Å². The van der Waals surface area contributed by atoms with E-state index in [0.29, 0.717) is 24.1 Å². The van der Waals surface area contributed by atoms with Gasteiger partial charge in [0.25, 0.3) is 0 Å². The van der Waals surface area contributed by atoms with E-state index < -0.39 is 29.3 Å². The van der Waals surface area contributed by atoms with Gasteiger partial charge in [0, 0.05) is 12.1 Å². The van der Waals surface area contributed by atoms with E-state index in [1.165, 1.54) is 6.07 Å². The third kappa shape index (κ3) is 10.6. The first kappa shape index (κ1) is 32.3. The summed E-state index contributed by atoms with van der Waals surface area (Å²) >= 11 is 0. The van der Waals surface area contributed by atoms with Gasteiger partial charge in [-0.25, -0.2) is 4.79 Å². The smallest absolute Gasteiger partial charge is 0.408 e. The highest BCUT2D eigenvalue weighted by molar-refractivity contribution is 5.92. The van der Waals surface area contributed by atoms with E-state index in [9.17, 15) is 19.5 Å². The van der Waals surface area contributed by atoms with Gasteiger partial charge in [-0.1, -0.05) is 39.7 Å². The third-order valence-corrected chi connectivity index (χ3v) is 5.78. The zero-order valence-electron chi connectivity index (χ0n) is 24.5. The summed E-state index contributed by atoms with van der Waals surface area (Å²) in [6.07, 6.45) is 2.55. The molecule has 0 bridgehead atoms. The molecule has 2 atom stereocenters. The Hall–Kier alpha value is -2.77. The highest BCUT2D eigenvalue weighted by atomic mass is 16.6. The van der Waals surface area contributed by atoms with E-state index in [-0.39, 0.29) is 23.5 Å². The van der Waals surface area contributed by atoms with Gasteiger partial charge in [-0.2, -0.15) is 0 Å². The summed E-state index contributed by atoms with van der Waals surface area (Å²) in [6, 6.07) is 3.10. The quantitative estimate of drug-likeness (QED) is 0.329. The Bertz CT molecular complexity index is 915. The lowest BCUT2D eigenvalue weighted by atomic mass is 9.93. The van der Waals surface area contributed by atoms with Crippen LogP contribution in [-0.4, -0.2) is 51.6 Å². The van der Waals surface area contributed by atoms with E-state index in [1.807, 2.05) is 34.6 Å². The second kappa shape index (κ2) is 13.7. The SMILES string of the molecule is CCCCCNC(=O)C(c1ccc(O)c(C)c1)N(C(=O)C(CC(C)C)NC(=O)OC(C)(C)C)C(C)(C)C. The molecule has 0 fully saturated rings. The fourth-order valence-corrected chi connectivity index (χ4v) is 4.11. The van der Waals surface area contributed by atoms with Gasteiger partial charge in [-0.05, 0) is 90.5 Å². The number of nitrogens with one attached hydrogen (secondary N) is 2. The van der Waals surface area contributed by atoms with Crippen molar-refractivity contribution in [1.29, 1.82) is 0 Å². The number of phenolic OH excluding ortho intramolecular Hbond substituents is 1. The Morgan fingerprint density at radius 2 is 1.68 bits per heavy atom. The molecule has 0 aromatic heterocycles. The van der Waals surface area contributed by atoms with Crippen molar-refractivity contribution in [3.8, 4) is 5.75 Å². The number of nitrogens with zero attached hydrogens (tertiary/aromatic N) is 1. The van der Waals surface area contributed by atoms with Gasteiger partial charge in [0.2, 0.25) is 11.8 Å². The van der Waals surface area contributed by atoms with Gasteiger partial charge < -0.3 is 25.4 Å². The maximum Gasteiger partial charge on any atom is 0.408 e. The standard InChI is InChI=1S/C29H49N3O5/c1-11-12-13-16-30-25(34)24(21-14-15-23(33)20(4)18-21)32(28(5,6)7)26(35)22(17-19(2)3)31-27(36)37-29(8,9)10/h14-15,18-19,22,24,33H,11-13,16-17H2,1-10H3,(H,30,34)(H,31,36). The van der Waals surface area contributed by atoms with Crippen molar-refractivity contribution in [3.05, 3.63) is 29.3 Å². The molecule has 0 spiro atoms. The molecular formula is C29H49N3O5. The molecule has 37 heavy (non-hydrogen) atoms. The third-order valence-electron chi connectivity index (χ3n) is 5.78. The molecule has 2 unspecified atom stereocenters. The first-order valence-electron chi connectivity index (χ1n) is 13.4. The number of hydrogen-bond acceptors (Lipinski definition) is 5. The van der Waals surface area contributed by atoms with Crippen molar-refractivity contribution in [2.75, 3.05) is 6.54 Å². The minimum Gasteiger partial charge on any atom is -0.508 e. The minimum atomic E-state index is -0.955. The zero-order valence-corrected chi connectivity index (χ0v) is 24.5. The molecule has 0 radical (unpaired) electrons. The molecule has 0 aliphatic heterocycles. The number of aryl methyl sites for hydroxylation is 1. The second-order valence-corrected chi connectivity index (χ2v) is 12.2. The number of carbonyl (C=O) groups excluding carboxylic acids is 3. The highest BCUT2D eigenvalue weighted by Crippen LogP contribution is 2.32. The molecule has 0 saturated heterocycles. The number of amides is 3. The molecule has 0 aliphatic rings. The molecule has 0 heterocycles. The van der Waals surface area contributed by atoms with Gasteiger partial charge in [-0.15, -0.1) is 0 Å². The fourth-order valence-electron chi connectivity index (χ4n) is 4.11. The number of ether oxygens (including phenoxy) is 1. The van der Waals surface area contributed by atoms with E-state index in [0.717, 1.165) is 19.3 Å². The van der Waals surface area contributed by atoms with Crippen LogP contribution >= 0.6 is 0 Å². The van der Waals surface area contributed by atoms with Crippen LogP contribution in [0.1, 0.15) is 105 Å². The Labute approximate surface area is 223 Å². The lowest BCUT2D eigenvalue weighted by Crippen LogP contribution is -2.58. The van der Waals surface area contributed by atoms with Crippen LogP contribution in [0.5, 0.6) is 5.75 Å². The molecule has 3 N–H and O–H groups in total. The van der Waals surface area contributed by atoms with Crippen molar-refractivity contribution in [2.24, 2.45) is 5.92 Å². The Balaban J connectivity index is 3.54. The minimum absolute atomic E-state index is 0.0999. The van der Waals surface area contributed by atoms with Crippen LogP contribution in [0.15, 0.2) is 18.2 Å². The molecule has 1 aromatic carbocycles. The van der Waals surface area contributed by atoms with Crippen LogP contribution in [0.4, 0.5) is 4.79 Å². The van der Waals surface area contributed by atoms with E-state index in [1.54, 1.807) is 44.7 Å². The maximum atomic E-state index is 14.2. The topological polar surface area (TPSA) is 108 Å². The van der Waals surface area contributed by atoms with Crippen molar-refractivity contribution in [3.63, 3.8) is 0 Å². The summed E-state index contributed by atoms with van der Waals surface area (Å²) in [5, 5.41) is 15.9. The van der Waals surface area contributed by atoms with Crippen LogP contribution in [0.3, 0.4) is 0 Å². The monoisotopic (exact) mass is 519 g/mol. The second-order valence-electron chi connectivity index (χ2n) is 12.2. The lowest BCUT2D eigenvalue weighted by Gasteiger charge is -2.43. The summed E-state index contributed by atoms with van der Waals surface area (Å²) in [7, 11) is 0. The first-order chi connectivity index (χ1) is 17.0. The van der Waals surface area contributed by atoms with Gasteiger partial charge in [-0.3, -0.25) is 9.59 Å². The number of benzene rings is 1. The number of unbranched alkanes of at least 4 members (excludes halogenated alkanes) is 2. The van der Waals surface area contributed by atoms with Crippen LogP contribution in [0, 0.1) is 12.8 Å². The van der Waals surface area contributed by atoms with E-state index in [2.05, 4.69) is 17.6 Å². The summed E-state index contributed by atoms with van der Waals surface area (Å²) in [4.78, 5) is 42.1. The Morgan fingerprint density at radius 3 is 2.16 bits per heavy atom. The number of aromatic hydroxyl groups is 1. The molecular weight excluding hydrogens is 470 g/mol. The average Bonchev–Trinajstić information content (AvgIpc) is 2.73. The highest BCUT2D eigenvalue weighted by Gasteiger charge is 2.42. The van der Waals surface area contributed by atoms with Crippen molar-refractivity contribution in [1.82, 2.24) is 15.5 Å². The largest absolute Gasteiger partial charge is 0.508 e. The number of rotatable bonds is 11. The fraction of sp³-hybridized carbons (Fsp3) is 0.690.